The number of fused-ring (bicyclic) bond motifs is 1. The Morgan fingerprint density at radius 2 is 1.81 bits per heavy atom. The summed E-state index contributed by atoms with van der Waals surface area (Å²) in [6.45, 7) is 6.39. The predicted octanol–water partition coefficient (Wildman–Crippen LogP) is 4.06. The lowest BCUT2D eigenvalue weighted by atomic mass is 10.1. The Morgan fingerprint density at radius 3 is 2.52 bits per heavy atom. The number of hydrogen-bond donors (Lipinski definition) is 2. The van der Waals surface area contributed by atoms with Gasteiger partial charge >= 0.3 is 0 Å². The minimum Gasteiger partial charge on any atom is -0.508 e. The van der Waals surface area contributed by atoms with Crippen LogP contribution in [0.4, 0.5) is 11.4 Å². The molecule has 3 rings (SSSR count). The first-order valence-electron chi connectivity index (χ1n) is 8.84. The highest BCUT2D eigenvalue weighted by Gasteiger charge is 2.19. The molecular weight excluding hydrogens is 362 g/mol. The highest BCUT2D eigenvalue weighted by Crippen LogP contribution is 2.34. The molecule has 0 amide bonds. The van der Waals surface area contributed by atoms with E-state index < -0.39 is 11.3 Å². The molecule has 1 atom stereocenters. The van der Waals surface area contributed by atoms with Gasteiger partial charge in [-0.2, -0.15) is 0 Å². The Bertz CT molecular complexity index is 955. The molecule has 6 nitrogen and oxygen atoms in total. The molecule has 0 radical (unpaired) electrons. The molecule has 2 aromatic carbocycles. The second kappa shape index (κ2) is 8.47. The lowest BCUT2D eigenvalue weighted by Crippen LogP contribution is -2.23. The van der Waals surface area contributed by atoms with Crippen LogP contribution in [0.2, 0.25) is 0 Å². The molecule has 142 valence electrons. The van der Waals surface area contributed by atoms with Crippen molar-refractivity contribution in [2.45, 2.75) is 20.4 Å². The summed E-state index contributed by atoms with van der Waals surface area (Å²) in [4.78, 5) is 6.48. The van der Waals surface area contributed by atoms with E-state index in [1.54, 1.807) is 30.5 Å². The number of benzene rings is 2. The lowest BCUT2D eigenvalue weighted by molar-refractivity contribution is 0.291. The minimum atomic E-state index is -2.28. The van der Waals surface area contributed by atoms with Crippen molar-refractivity contribution in [1.82, 2.24) is 9.88 Å². The van der Waals surface area contributed by atoms with E-state index in [1.165, 1.54) is 4.31 Å². The van der Waals surface area contributed by atoms with Crippen molar-refractivity contribution in [3.05, 3.63) is 60.3 Å². The van der Waals surface area contributed by atoms with E-state index in [4.69, 9.17) is 0 Å². The molecule has 0 fully saturated rings. The summed E-state index contributed by atoms with van der Waals surface area (Å²) in [6, 6.07) is 14.2. The zero-order chi connectivity index (χ0) is 19.4. The highest BCUT2D eigenvalue weighted by atomic mass is 32.2. The number of pyridine rings is 1. The van der Waals surface area contributed by atoms with Crippen molar-refractivity contribution in [2.24, 2.45) is 0 Å². The molecule has 0 aliphatic carbocycles. The third-order valence-corrected chi connectivity index (χ3v) is 5.31. The molecular formula is C20H23N3O3S. The minimum absolute atomic E-state index is 0.175. The SMILES string of the molecule is CCN(CC)Cc1cc(N(c2ccnc3ccccc23)S(=O)O)ccc1O. The van der Waals surface area contributed by atoms with Gasteiger partial charge in [-0.05, 0) is 43.4 Å². The van der Waals surface area contributed by atoms with Gasteiger partial charge in [-0.25, -0.2) is 8.51 Å². The maximum atomic E-state index is 12.2. The predicted molar refractivity (Wildman–Crippen MR) is 109 cm³/mol. The lowest BCUT2D eigenvalue weighted by Gasteiger charge is -2.24. The van der Waals surface area contributed by atoms with Crippen molar-refractivity contribution >= 4 is 33.5 Å². The molecule has 2 N–H and O–H groups in total. The van der Waals surface area contributed by atoms with Crippen molar-refractivity contribution in [3.63, 3.8) is 0 Å². The maximum absolute atomic E-state index is 12.2. The molecule has 0 bridgehead atoms. The number of nitrogens with zero attached hydrogens (tertiary/aromatic N) is 3. The van der Waals surface area contributed by atoms with Gasteiger partial charge in [-0.1, -0.05) is 32.0 Å². The fourth-order valence-corrected chi connectivity index (χ4v) is 3.71. The Labute approximate surface area is 161 Å². The number of phenols is 1. The number of hydrogen-bond acceptors (Lipinski definition) is 4. The van der Waals surface area contributed by atoms with Crippen molar-refractivity contribution in [3.8, 4) is 5.75 Å². The largest absolute Gasteiger partial charge is 0.508 e. The molecule has 1 heterocycles. The topological polar surface area (TPSA) is 76.9 Å². The van der Waals surface area contributed by atoms with Gasteiger partial charge in [0.25, 0.3) is 11.3 Å². The smallest absolute Gasteiger partial charge is 0.266 e. The number of rotatable bonds is 7. The van der Waals surface area contributed by atoms with Crippen molar-refractivity contribution in [1.29, 1.82) is 0 Å². The van der Waals surface area contributed by atoms with E-state index >= 15 is 0 Å². The van der Waals surface area contributed by atoms with Gasteiger partial charge in [0, 0.05) is 23.7 Å². The molecule has 27 heavy (non-hydrogen) atoms. The summed E-state index contributed by atoms with van der Waals surface area (Å²) in [5, 5.41) is 11.0. The molecule has 0 spiro atoms. The van der Waals surface area contributed by atoms with Crippen LogP contribution in [0, 0.1) is 0 Å². The first kappa shape index (κ1) is 19.3. The van der Waals surface area contributed by atoms with Gasteiger partial charge in [-0.15, -0.1) is 0 Å². The number of phenolic OH excluding ortho intramolecular Hbond substituents is 1. The van der Waals surface area contributed by atoms with Crippen LogP contribution in [0.3, 0.4) is 0 Å². The van der Waals surface area contributed by atoms with Gasteiger partial charge in [0.15, 0.2) is 0 Å². The van der Waals surface area contributed by atoms with Crippen LogP contribution in [0.15, 0.2) is 54.7 Å². The zero-order valence-electron chi connectivity index (χ0n) is 15.4. The monoisotopic (exact) mass is 385 g/mol. The third-order valence-electron chi connectivity index (χ3n) is 4.59. The molecule has 7 heteroatoms. The summed E-state index contributed by atoms with van der Waals surface area (Å²) in [7, 11) is 0. The van der Waals surface area contributed by atoms with E-state index in [0.717, 1.165) is 24.0 Å². The first-order chi connectivity index (χ1) is 13.0. The molecule has 1 aromatic heterocycles. The van der Waals surface area contributed by atoms with E-state index in [0.29, 0.717) is 23.5 Å². The summed E-state index contributed by atoms with van der Waals surface area (Å²) in [5.74, 6) is 0.175. The van der Waals surface area contributed by atoms with Crippen LogP contribution < -0.4 is 4.31 Å². The van der Waals surface area contributed by atoms with Crippen LogP contribution >= 0.6 is 0 Å². The average Bonchev–Trinajstić information content (AvgIpc) is 2.68. The van der Waals surface area contributed by atoms with Gasteiger partial charge in [0.05, 0.1) is 16.9 Å². The van der Waals surface area contributed by atoms with Crippen LogP contribution in [-0.2, 0) is 17.8 Å². The maximum Gasteiger partial charge on any atom is 0.266 e. The number of aromatic nitrogens is 1. The van der Waals surface area contributed by atoms with Gasteiger partial charge in [0.2, 0.25) is 0 Å². The van der Waals surface area contributed by atoms with Crippen LogP contribution in [0.5, 0.6) is 5.75 Å². The Morgan fingerprint density at radius 1 is 1.07 bits per heavy atom. The summed E-state index contributed by atoms with van der Waals surface area (Å²) in [6.07, 6.45) is 1.62. The van der Waals surface area contributed by atoms with Crippen LogP contribution in [-0.4, -0.2) is 36.8 Å². The number of para-hydroxylation sites is 1. The second-order valence-electron chi connectivity index (χ2n) is 6.15. The first-order valence-corrected chi connectivity index (χ1v) is 9.90. The molecule has 0 saturated heterocycles. The standard InChI is InChI=1S/C20H23N3O3S/c1-3-22(4-2)14-15-13-16(9-10-20(15)24)23(27(25)26)19-11-12-21-18-8-6-5-7-17(18)19/h5-13,24H,3-4,14H2,1-2H3,(H,25,26). The van der Waals surface area contributed by atoms with Crippen LogP contribution in [0.1, 0.15) is 19.4 Å². The highest BCUT2D eigenvalue weighted by molar-refractivity contribution is 7.81. The summed E-state index contributed by atoms with van der Waals surface area (Å²) < 4.78 is 23.6. The number of anilines is 2. The summed E-state index contributed by atoms with van der Waals surface area (Å²) in [5.41, 5.74) is 2.57. The van der Waals surface area contributed by atoms with Gasteiger partial charge < -0.3 is 5.11 Å². The Kier molecular flexibility index (Phi) is 6.05. The van der Waals surface area contributed by atoms with Crippen molar-refractivity contribution < 1.29 is 13.9 Å². The fourth-order valence-electron chi connectivity index (χ4n) is 3.08. The van der Waals surface area contributed by atoms with E-state index in [1.807, 2.05) is 24.3 Å². The Balaban J connectivity index is 2.09. The molecule has 0 aliphatic heterocycles. The average molecular weight is 385 g/mol. The third kappa shape index (κ3) is 4.10. The van der Waals surface area contributed by atoms with E-state index in [9.17, 15) is 13.9 Å². The summed E-state index contributed by atoms with van der Waals surface area (Å²) >= 11 is -2.28. The molecule has 0 saturated carbocycles. The fraction of sp³-hybridized carbons (Fsp3) is 0.250. The number of aromatic hydroxyl groups is 1. The van der Waals surface area contributed by atoms with E-state index in [-0.39, 0.29) is 5.75 Å². The van der Waals surface area contributed by atoms with Crippen LogP contribution in [0.25, 0.3) is 10.9 Å². The van der Waals surface area contributed by atoms with Gasteiger partial charge in [0.1, 0.15) is 5.75 Å². The van der Waals surface area contributed by atoms with Crippen molar-refractivity contribution in [2.75, 3.05) is 17.4 Å². The van der Waals surface area contributed by atoms with Gasteiger partial charge in [-0.3, -0.25) is 14.4 Å². The molecule has 3 aromatic rings. The molecule has 0 aliphatic rings. The normalized spacial score (nSPS) is 12.4. The molecule has 1 unspecified atom stereocenters. The Hall–Kier alpha value is -2.48. The zero-order valence-corrected chi connectivity index (χ0v) is 16.2. The quantitative estimate of drug-likeness (QED) is 0.600. The van der Waals surface area contributed by atoms with E-state index in [2.05, 4.69) is 23.7 Å². The second-order valence-corrected chi connectivity index (χ2v) is 6.97.